The number of hydrogen-bond acceptors (Lipinski definition) is 5. The van der Waals surface area contributed by atoms with E-state index in [9.17, 15) is 0 Å². The molecule has 2 aromatic heterocycles. The Kier molecular flexibility index (Phi) is 5.41. The van der Waals surface area contributed by atoms with Gasteiger partial charge in [0.15, 0.2) is 0 Å². The predicted molar refractivity (Wildman–Crippen MR) is 127 cm³/mol. The van der Waals surface area contributed by atoms with Gasteiger partial charge in [-0.1, -0.05) is 19.1 Å². The van der Waals surface area contributed by atoms with Gasteiger partial charge in [0.05, 0.1) is 11.2 Å². The molecule has 5 nitrogen and oxygen atoms in total. The van der Waals surface area contributed by atoms with Gasteiger partial charge in [0.25, 0.3) is 0 Å². The normalized spacial score (nSPS) is 21.5. The van der Waals surface area contributed by atoms with E-state index >= 15 is 0 Å². The summed E-state index contributed by atoms with van der Waals surface area (Å²) in [5.74, 6) is 1.43. The minimum atomic E-state index is 0.142. The molecule has 158 valence electrons. The van der Waals surface area contributed by atoms with Gasteiger partial charge in [-0.3, -0.25) is 4.98 Å². The maximum absolute atomic E-state index is 5.06. The van der Waals surface area contributed by atoms with Crippen molar-refractivity contribution in [2.24, 2.45) is 5.92 Å². The minimum absolute atomic E-state index is 0.142. The summed E-state index contributed by atoms with van der Waals surface area (Å²) in [7, 11) is 6.33. The molecule has 0 amide bonds. The molecular formula is C25H33N5. The number of hydrogen-bond donors (Lipinski definition) is 1. The van der Waals surface area contributed by atoms with E-state index in [1.54, 1.807) is 0 Å². The number of benzene rings is 1. The molecule has 2 atom stereocenters. The first-order chi connectivity index (χ1) is 14.3. The molecule has 0 spiro atoms. The Morgan fingerprint density at radius 2 is 1.87 bits per heavy atom. The third-order valence-corrected chi connectivity index (χ3v) is 7.08. The number of likely N-dealkylation sites (tertiary alicyclic amines) is 1. The van der Waals surface area contributed by atoms with Gasteiger partial charge in [0, 0.05) is 55.1 Å². The first-order valence-corrected chi connectivity index (χ1v) is 10.8. The van der Waals surface area contributed by atoms with Crippen LogP contribution in [0.5, 0.6) is 0 Å². The second-order valence-corrected chi connectivity index (χ2v) is 9.27. The highest BCUT2D eigenvalue weighted by molar-refractivity contribution is 5.92. The molecule has 5 heteroatoms. The Balaban J connectivity index is 1.72. The van der Waals surface area contributed by atoms with Crippen molar-refractivity contribution in [1.82, 2.24) is 14.9 Å². The molecule has 1 aliphatic rings. The Morgan fingerprint density at radius 1 is 1.13 bits per heavy atom. The number of piperidine rings is 1. The summed E-state index contributed by atoms with van der Waals surface area (Å²) in [5, 5.41) is 4.88. The molecule has 0 radical (unpaired) electrons. The highest BCUT2D eigenvalue weighted by Crippen LogP contribution is 2.35. The number of fused-ring (bicyclic) bond motifs is 1. The van der Waals surface area contributed by atoms with E-state index in [-0.39, 0.29) is 5.54 Å². The fourth-order valence-corrected chi connectivity index (χ4v) is 4.35. The number of aromatic nitrogens is 2. The standard InChI is InChI=1S/C25H33N5/c1-17-21(13-15-30(6)25(17,2)3)27-24-20-8-7-14-26-23(20)16-22(28-24)18-9-11-19(12-10-18)29(4)5/h7-12,14,16-17,21H,13,15H2,1-6H3,(H,27,28). The highest BCUT2D eigenvalue weighted by atomic mass is 15.2. The van der Waals surface area contributed by atoms with Crippen molar-refractivity contribution in [3.8, 4) is 11.3 Å². The number of pyridine rings is 2. The van der Waals surface area contributed by atoms with Crippen molar-refractivity contribution < 1.29 is 0 Å². The van der Waals surface area contributed by atoms with Gasteiger partial charge in [0.2, 0.25) is 0 Å². The fourth-order valence-electron chi connectivity index (χ4n) is 4.35. The van der Waals surface area contributed by atoms with Gasteiger partial charge in [0.1, 0.15) is 5.82 Å². The molecule has 0 aliphatic carbocycles. The summed E-state index contributed by atoms with van der Waals surface area (Å²) in [4.78, 5) is 14.3. The van der Waals surface area contributed by atoms with Crippen LogP contribution in [0.1, 0.15) is 27.2 Å². The SMILES string of the molecule is CC1C(Nc2nc(-c3ccc(N(C)C)cc3)cc3ncccc23)CCN(C)C1(C)C. The van der Waals surface area contributed by atoms with Crippen LogP contribution in [0.3, 0.4) is 0 Å². The molecule has 1 N–H and O–H groups in total. The topological polar surface area (TPSA) is 44.3 Å². The van der Waals surface area contributed by atoms with E-state index in [1.807, 2.05) is 12.3 Å². The smallest absolute Gasteiger partial charge is 0.136 e. The summed E-state index contributed by atoms with van der Waals surface area (Å²) in [6, 6.07) is 15.1. The Bertz CT molecular complexity index is 1030. The maximum atomic E-state index is 5.06. The van der Waals surface area contributed by atoms with Gasteiger partial charge >= 0.3 is 0 Å². The summed E-state index contributed by atoms with van der Waals surface area (Å²) in [6.07, 6.45) is 2.96. The zero-order valence-corrected chi connectivity index (χ0v) is 19.0. The molecule has 3 aromatic rings. The fraction of sp³-hybridized carbons (Fsp3) is 0.440. The minimum Gasteiger partial charge on any atom is -0.378 e. The average molecular weight is 404 g/mol. The molecule has 1 fully saturated rings. The highest BCUT2D eigenvalue weighted by Gasteiger charge is 2.39. The molecular weight excluding hydrogens is 370 g/mol. The molecule has 4 rings (SSSR count). The van der Waals surface area contributed by atoms with E-state index in [0.717, 1.165) is 40.9 Å². The molecule has 2 unspecified atom stereocenters. The molecule has 1 aromatic carbocycles. The van der Waals surface area contributed by atoms with Crippen LogP contribution < -0.4 is 10.2 Å². The van der Waals surface area contributed by atoms with Crippen LogP contribution in [0, 0.1) is 5.92 Å². The number of rotatable bonds is 4. The lowest BCUT2D eigenvalue weighted by atomic mass is 9.77. The van der Waals surface area contributed by atoms with Gasteiger partial charge in [-0.2, -0.15) is 0 Å². The van der Waals surface area contributed by atoms with E-state index in [0.29, 0.717) is 12.0 Å². The van der Waals surface area contributed by atoms with Crippen LogP contribution in [0.2, 0.25) is 0 Å². The molecule has 3 heterocycles. The zero-order chi connectivity index (χ0) is 21.5. The summed E-state index contributed by atoms with van der Waals surface area (Å²) in [6.45, 7) is 8.09. The van der Waals surface area contributed by atoms with Crippen molar-refractivity contribution in [2.45, 2.75) is 38.8 Å². The summed E-state index contributed by atoms with van der Waals surface area (Å²) < 4.78 is 0. The van der Waals surface area contributed by atoms with Crippen molar-refractivity contribution in [3.63, 3.8) is 0 Å². The first kappa shape index (κ1) is 20.6. The Hall–Kier alpha value is -2.66. The van der Waals surface area contributed by atoms with Crippen molar-refractivity contribution in [1.29, 1.82) is 0 Å². The summed E-state index contributed by atoms with van der Waals surface area (Å²) >= 11 is 0. The van der Waals surface area contributed by atoms with Gasteiger partial charge < -0.3 is 15.1 Å². The van der Waals surface area contributed by atoms with Crippen LogP contribution in [0.15, 0.2) is 48.7 Å². The van der Waals surface area contributed by atoms with Crippen LogP contribution in [-0.2, 0) is 0 Å². The lowest BCUT2D eigenvalue weighted by Gasteiger charge is -2.49. The predicted octanol–water partition coefficient (Wildman–Crippen LogP) is 4.89. The molecule has 1 aliphatic heterocycles. The van der Waals surface area contributed by atoms with Crippen molar-refractivity contribution in [2.75, 3.05) is 37.9 Å². The molecule has 0 saturated carbocycles. The summed E-state index contributed by atoms with van der Waals surface area (Å²) in [5.41, 5.74) is 4.35. The lowest BCUT2D eigenvalue weighted by Crippen LogP contribution is -2.57. The van der Waals surface area contributed by atoms with E-state index in [1.165, 1.54) is 5.69 Å². The molecule has 30 heavy (non-hydrogen) atoms. The van der Waals surface area contributed by atoms with Crippen LogP contribution >= 0.6 is 0 Å². The largest absolute Gasteiger partial charge is 0.378 e. The third kappa shape index (κ3) is 3.74. The van der Waals surface area contributed by atoms with Crippen LogP contribution in [0.4, 0.5) is 11.5 Å². The zero-order valence-electron chi connectivity index (χ0n) is 19.0. The van der Waals surface area contributed by atoms with Crippen molar-refractivity contribution in [3.05, 3.63) is 48.7 Å². The quantitative estimate of drug-likeness (QED) is 0.672. The van der Waals surface area contributed by atoms with E-state index in [4.69, 9.17) is 4.98 Å². The molecule has 0 bridgehead atoms. The van der Waals surface area contributed by atoms with E-state index in [2.05, 4.69) is 98.4 Å². The second-order valence-electron chi connectivity index (χ2n) is 9.27. The maximum Gasteiger partial charge on any atom is 0.136 e. The lowest BCUT2D eigenvalue weighted by molar-refractivity contribution is 0.0458. The van der Waals surface area contributed by atoms with Gasteiger partial charge in [-0.05, 0) is 63.6 Å². The molecule has 1 saturated heterocycles. The Morgan fingerprint density at radius 3 is 2.57 bits per heavy atom. The Labute approximate surface area is 180 Å². The number of nitrogens with one attached hydrogen (secondary N) is 1. The van der Waals surface area contributed by atoms with Crippen LogP contribution in [-0.4, -0.2) is 54.1 Å². The average Bonchev–Trinajstić information content (AvgIpc) is 2.74. The van der Waals surface area contributed by atoms with E-state index < -0.39 is 0 Å². The van der Waals surface area contributed by atoms with Gasteiger partial charge in [-0.15, -0.1) is 0 Å². The number of anilines is 2. The second kappa shape index (κ2) is 7.88. The third-order valence-electron chi connectivity index (χ3n) is 7.08. The first-order valence-electron chi connectivity index (χ1n) is 10.8. The van der Waals surface area contributed by atoms with Crippen molar-refractivity contribution >= 4 is 22.4 Å². The monoisotopic (exact) mass is 403 g/mol. The van der Waals surface area contributed by atoms with Gasteiger partial charge in [-0.25, -0.2) is 4.98 Å². The van der Waals surface area contributed by atoms with Crippen LogP contribution in [0.25, 0.3) is 22.2 Å². The number of nitrogens with zero attached hydrogens (tertiary/aromatic N) is 4.